The SMILES string of the molecule is Cc1ccc(-c2nccc(Cc3ccnc(-c4ccc[nH]4)n3)n2)[nH]1. The van der Waals surface area contributed by atoms with E-state index in [1.54, 1.807) is 12.4 Å². The molecule has 0 saturated carbocycles. The molecule has 0 atom stereocenters. The van der Waals surface area contributed by atoms with Crippen LogP contribution in [0, 0.1) is 6.92 Å². The van der Waals surface area contributed by atoms with Crippen molar-refractivity contribution in [3.8, 4) is 23.0 Å². The first-order chi connectivity index (χ1) is 11.8. The average molecular weight is 316 g/mol. The Hall–Kier alpha value is -3.28. The van der Waals surface area contributed by atoms with Gasteiger partial charge >= 0.3 is 0 Å². The molecular formula is C18H16N6. The van der Waals surface area contributed by atoms with E-state index in [1.165, 1.54) is 0 Å². The lowest BCUT2D eigenvalue weighted by Gasteiger charge is -2.04. The topological polar surface area (TPSA) is 83.1 Å². The minimum atomic E-state index is 0.630. The molecule has 6 heteroatoms. The van der Waals surface area contributed by atoms with E-state index in [2.05, 4.69) is 29.9 Å². The van der Waals surface area contributed by atoms with Crippen molar-refractivity contribution in [1.29, 1.82) is 0 Å². The van der Waals surface area contributed by atoms with Crippen LogP contribution in [0.2, 0.25) is 0 Å². The minimum absolute atomic E-state index is 0.630. The molecule has 6 nitrogen and oxygen atoms in total. The van der Waals surface area contributed by atoms with Crippen molar-refractivity contribution in [3.05, 3.63) is 72.1 Å². The summed E-state index contributed by atoms with van der Waals surface area (Å²) in [4.78, 5) is 24.3. The third-order valence-electron chi connectivity index (χ3n) is 3.70. The second-order valence-electron chi connectivity index (χ2n) is 5.56. The van der Waals surface area contributed by atoms with Crippen LogP contribution in [0.3, 0.4) is 0 Å². The molecule has 4 heterocycles. The van der Waals surface area contributed by atoms with E-state index in [0.717, 1.165) is 28.5 Å². The quantitative estimate of drug-likeness (QED) is 0.606. The highest BCUT2D eigenvalue weighted by atomic mass is 14.9. The molecule has 0 saturated heterocycles. The van der Waals surface area contributed by atoms with Crippen LogP contribution in [0.15, 0.2) is 55.0 Å². The van der Waals surface area contributed by atoms with Crippen molar-refractivity contribution in [2.75, 3.05) is 0 Å². The van der Waals surface area contributed by atoms with Crippen molar-refractivity contribution in [2.45, 2.75) is 13.3 Å². The Morgan fingerprint density at radius 1 is 0.833 bits per heavy atom. The van der Waals surface area contributed by atoms with E-state index in [9.17, 15) is 0 Å². The van der Waals surface area contributed by atoms with Gasteiger partial charge in [0.2, 0.25) is 0 Å². The maximum absolute atomic E-state index is 4.63. The number of nitrogens with zero attached hydrogens (tertiary/aromatic N) is 4. The van der Waals surface area contributed by atoms with Crippen LogP contribution < -0.4 is 0 Å². The third kappa shape index (κ3) is 2.94. The second kappa shape index (κ2) is 6.08. The molecular weight excluding hydrogens is 300 g/mol. The van der Waals surface area contributed by atoms with E-state index in [0.29, 0.717) is 18.1 Å². The zero-order valence-corrected chi connectivity index (χ0v) is 13.2. The van der Waals surface area contributed by atoms with Gasteiger partial charge in [-0.3, -0.25) is 0 Å². The number of hydrogen-bond donors (Lipinski definition) is 2. The zero-order valence-electron chi connectivity index (χ0n) is 13.2. The number of H-pyrrole nitrogens is 2. The Morgan fingerprint density at radius 3 is 2.12 bits per heavy atom. The summed E-state index contributed by atoms with van der Waals surface area (Å²) in [7, 11) is 0. The summed E-state index contributed by atoms with van der Waals surface area (Å²) in [6, 6.07) is 11.7. The molecule has 118 valence electrons. The Balaban J connectivity index is 1.61. The van der Waals surface area contributed by atoms with Gasteiger partial charge in [-0.25, -0.2) is 19.9 Å². The molecule has 0 aliphatic heterocycles. The predicted octanol–water partition coefficient (Wildman–Crippen LogP) is 3.16. The smallest absolute Gasteiger partial charge is 0.176 e. The first kappa shape index (κ1) is 14.3. The van der Waals surface area contributed by atoms with Gasteiger partial charge in [0, 0.05) is 30.7 Å². The Bertz CT molecular complexity index is 955. The van der Waals surface area contributed by atoms with Crippen LogP contribution in [0.25, 0.3) is 23.0 Å². The maximum Gasteiger partial charge on any atom is 0.176 e. The molecule has 0 amide bonds. The van der Waals surface area contributed by atoms with Crippen molar-refractivity contribution in [2.24, 2.45) is 0 Å². The summed E-state index contributed by atoms with van der Waals surface area (Å²) in [5.41, 5.74) is 4.75. The lowest BCUT2D eigenvalue weighted by molar-refractivity contribution is 0.970. The van der Waals surface area contributed by atoms with E-state index in [4.69, 9.17) is 0 Å². The molecule has 0 bridgehead atoms. The van der Waals surface area contributed by atoms with Crippen LogP contribution in [0.1, 0.15) is 17.1 Å². The molecule has 0 spiro atoms. The lowest BCUT2D eigenvalue weighted by Crippen LogP contribution is -2.00. The lowest BCUT2D eigenvalue weighted by atomic mass is 10.2. The van der Waals surface area contributed by atoms with Gasteiger partial charge < -0.3 is 9.97 Å². The summed E-state index contributed by atoms with van der Waals surface area (Å²) in [6.07, 6.45) is 6.04. The molecule has 0 radical (unpaired) electrons. The summed E-state index contributed by atoms with van der Waals surface area (Å²) in [6.45, 7) is 2.01. The molecule has 4 rings (SSSR count). The summed E-state index contributed by atoms with van der Waals surface area (Å²) in [5, 5.41) is 0. The summed E-state index contributed by atoms with van der Waals surface area (Å²) in [5.74, 6) is 1.38. The standard InChI is InChI=1S/C18H16N6/c1-12-4-5-16(22-12)18-21-10-7-14(24-18)11-13-6-9-20-17(23-13)15-3-2-8-19-15/h2-10,19,22H,11H2,1H3. The summed E-state index contributed by atoms with van der Waals surface area (Å²) >= 11 is 0. The number of hydrogen-bond acceptors (Lipinski definition) is 4. The highest BCUT2D eigenvalue weighted by molar-refractivity contribution is 5.51. The number of nitrogens with one attached hydrogen (secondary N) is 2. The number of aromatic nitrogens is 6. The molecule has 0 aromatic carbocycles. The first-order valence-corrected chi connectivity index (χ1v) is 7.71. The van der Waals surface area contributed by atoms with Gasteiger partial charge in [-0.05, 0) is 43.3 Å². The van der Waals surface area contributed by atoms with E-state index in [-0.39, 0.29) is 0 Å². The number of rotatable bonds is 4. The van der Waals surface area contributed by atoms with Gasteiger partial charge in [0.15, 0.2) is 11.6 Å². The molecule has 0 unspecified atom stereocenters. The van der Waals surface area contributed by atoms with Gasteiger partial charge in [-0.1, -0.05) is 0 Å². The monoisotopic (exact) mass is 316 g/mol. The fraction of sp³-hybridized carbons (Fsp3) is 0.111. The van der Waals surface area contributed by atoms with Gasteiger partial charge in [-0.15, -0.1) is 0 Å². The fourth-order valence-corrected chi connectivity index (χ4v) is 2.54. The Labute approximate surface area is 139 Å². The zero-order chi connectivity index (χ0) is 16.4. The Morgan fingerprint density at radius 2 is 1.54 bits per heavy atom. The van der Waals surface area contributed by atoms with Crippen LogP contribution in [-0.2, 0) is 6.42 Å². The third-order valence-corrected chi connectivity index (χ3v) is 3.70. The first-order valence-electron chi connectivity index (χ1n) is 7.71. The van der Waals surface area contributed by atoms with Crippen molar-refractivity contribution >= 4 is 0 Å². The van der Waals surface area contributed by atoms with E-state index in [1.807, 2.05) is 49.5 Å². The highest BCUT2D eigenvalue weighted by Gasteiger charge is 2.08. The Kier molecular flexibility index (Phi) is 3.63. The molecule has 24 heavy (non-hydrogen) atoms. The highest BCUT2D eigenvalue weighted by Crippen LogP contribution is 2.16. The van der Waals surface area contributed by atoms with E-state index < -0.39 is 0 Å². The largest absolute Gasteiger partial charge is 0.359 e. The molecule has 4 aromatic rings. The van der Waals surface area contributed by atoms with Gasteiger partial charge in [0.25, 0.3) is 0 Å². The van der Waals surface area contributed by atoms with Crippen LogP contribution >= 0.6 is 0 Å². The number of aryl methyl sites for hydroxylation is 1. The molecule has 4 aromatic heterocycles. The summed E-state index contributed by atoms with van der Waals surface area (Å²) < 4.78 is 0. The second-order valence-corrected chi connectivity index (χ2v) is 5.56. The number of aromatic amines is 2. The molecule has 0 fully saturated rings. The van der Waals surface area contributed by atoms with Crippen molar-refractivity contribution in [1.82, 2.24) is 29.9 Å². The van der Waals surface area contributed by atoms with Gasteiger partial charge in [0.1, 0.15) is 0 Å². The van der Waals surface area contributed by atoms with Crippen molar-refractivity contribution in [3.63, 3.8) is 0 Å². The maximum atomic E-state index is 4.63. The normalized spacial score (nSPS) is 10.9. The van der Waals surface area contributed by atoms with Crippen LogP contribution in [0.4, 0.5) is 0 Å². The minimum Gasteiger partial charge on any atom is -0.359 e. The van der Waals surface area contributed by atoms with Gasteiger partial charge in [-0.2, -0.15) is 0 Å². The van der Waals surface area contributed by atoms with E-state index >= 15 is 0 Å². The fourth-order valence-electron chi connectivity index (χ4n) is 2.54. The van der Waals surface area contributed by atoms with Crippen molar-refractivity contribution < 1.29 is 0 Å². The molecule has 2 N–H and O–H groups in total. The van der Waals surface area contributed by atoms with Crippen LogP contribution in [0.5, 0.6) is 0 Å². The molecule has 0 aliphatic rings. The average Bonchev–Trinajstić information content (AvgIpc) is 3.27. The van der Waals surface area contributed by atoms with Gasteiger partial charge in [0.05, 0.1) is 22.8 Å². The molecule has 0 aliphatic carbocycles. The predicted molar refractivity (Wildman–Crippen MR) is 91.2 cm³/mol. The van der Waals surface area contributed by atoms with Crippen LogP contribution in [-0.4, -0.2) is 29.9 Å².